The Morgan fingerprint density at radius 1 is 1.33 bits per heavy atom. The third-order valence-electron chi connectivity index (χ3n) is 3.94. The summed E-state index contributed by atoms with van der Waals surface area (Å²) in [6.07, 6.45) is 4.51. The Balaban J connectivity index is 2.48. The monoisotopic (exact) mass is 293 g/mol. The SMILES string of the molecule is CCNc1nc(C)c([N+](=O)[O-])c(N(CC)C2CCCC2)n1. The van der Waals surface area contributed by atoms with Gasteiger partial charge in [-0.15, -0.1) is 0 Å². The molecule has 1 aliphatic rings. The highest BCUT2D eigenvalue weighted by atomic mass is 16.6. The molecule has 0 saturated heterocycles. The van der Waals surface area contributed by atoms with E-state index in [9.17, 15) is 10.1 Å². The maximum absolute atomic E-state index is 11.4. The topological polar surface area (TPSA) is 84.2 Å². The Morgan fingerprint density at radius 3 is 2.52 bits per heavy atom. The van der Waals surface area contributed by atoms with Gasteiger partial charge in [-0.05, 0) is 33.6 Å². The van der Waals surface area contributed by atoms with Crippen LogP contribution in [0.15, 0.2) is 0 Å². The third-order valence-corrected chi connectivity index (χ3v) is 3.94. The van der Waals surface area contributed by atoms with Gasteiger partial charge in [0.05, 0.1) is 4.92 Å². The second-order valence-electron chi connectivity index (χ2n) is 5.32. The molecular weight excluding hydrogens is 270 g/mol. The number of nitro groups is 1. The van der Waals surface area contributed by atoms with Crippen LogP contribution < -0.4 is 10.2 Å². The Kier molecular flexibility index (Phi) is 4.93. The van der Waals surface area contributed by atoms with Crippen LogP contribution in [-0.2, 0) is 0 Å². The molecule has 7 nitrogen and oxygen atoms in total. The number of anilines is 2. The van der Waals surface area contributed by atoms with Gasteiger partial charge in [-0.2, -0.15) is 4.98 Å². The summed E-state index contributed by atoms with van der Waals surface area (Å²) in [5.41, 5.74) is 0.447. The van der Waals surface area contributed by atoms with Crippen LogP contribution in [0.4, 0.5) is 17.5 Å². The lowest BCUT2D eigenvalue weighted by atomic mass is 10.2. The van der Waals surface area contributed by atoms with Gasteiger partial charge in [0.25, 0.3) is 0 Å². The largest absolute Gasteiger partial charge is 0.354 e. The van der Waals surface area contributed by atoms with E-state index in [0.29, 0.717) is 36.6 Å². The summed E-state index contributed by atoms with van der Waals surface area (Å²) in [5.74, 6) is 0.921. The molecular formula is C14H23N5O2. The fourth-order valence-electron chi connectivity index (χ4n) is 3.00. The Bertz CT molecular complexity index is 514. The predicted molar refractivity (Wildman–Crippen MR) is 82.9 cm³/mol. The number of rotatable bonds is 6. The highest BCUT2D eigenvalue weighted by molar-refractivity contribution is 5.63. The number of hydrogen-bond donors (Lipinski definition) is 1. The van der Waals surface area contributed by atoms with E-state index >= 15 is 0 Å². The lowest BCUT2D eigenvalue weighted by Crippen LogP contribution is -2.34. The standard InChI is InChI=1S/C14H23N5O2/c1-4-15-14-16-10(3)12(19(20)21)13(17-14)18(5-2)11-8-6-7-9-11/h11H,4-9H2,1-3H3,(H,15,16,17). The number of nitrogens with one attached hydrogen (secondary N) is 1. The van der Waals surface area contributed by atoms with Crippen molar-refractivity contribution in [3.63, 3.8) is 0 Å². The zero-order valence-electron chi connectivity index (χ0n) is 12.9. The second kappa shape index (κ2) is 6.69. The van der Waals surface area contributed by atoms with E-state index in [1.54, 1.807) is 6.92 Å². The smallest absolute Gasteiger partial charge is 0.332 e. The molecule has 21 heavy (non-hydrogen) atoms. The molecule has 1 fully saturated rings. The highest BCUT2D eigenvalue weighted by Crippen LogP contribution is 2.34. The van der Waals surface area contributed by atoms with Crippen molar-refractivity contribution in [1.29, 1.82) is 0 Å². The van der Waals surface area contributed by atoms with Gasteiger partial charge in [0.15, 0.2) is 0 Å². The molecule has 116 valence electrons. The van der Waals surface area contributed by atoms with E-state index < -0.39 is 0 Å². The van der Waals surface area contributed by atoms with Crippen LogP contribution in [0.2, 0.25) is 0 Å². The van der Waals surface area contributed by atoms with Crippen LogP contribution in [0.5, 0.6) is 0 Å². The first kappa shape index (κ1) is 15.5. The molecule has 1 aromatic heterocycles. The molecule has 0 spiro atoms. The van der Waals surface area contributed by atoms with Crippen molar-refractivity contribution in [3.05, 3.63) is 15.8 Å². The molecule has 0 amide bonds. The molecule has 1 heterocycles. The first-order valence-corrected chi connectivity index (χ1v) is 7.62. The van der Waals surface area contributed by atoms with Crippen molar-refractivity contribution in [1.82, 2.24) is 9.97 Å². The van der Waals surface area contributed by atoms with E-state index in [-0.39, 0.29) is 10.6 Å². The molecule has 1 saturated carbocycles. The van der Waals surface area contributed by atoms with Gasteiger partial charge in [-0.1, -0.05) is 12.8 Å². The van der Waals surface area contributed by atoms with E-state index in [4.69, 9.17) is 0 Å². The number of nitrogens with zero attached hydrogens (tertiary/aromatic N) is 4. The lowest BCUT2D eigenvalue weighted by molar-refractivity contribution is -0.385. The predicted octanol–water partition coefficient (Wildman–Crippen LogP) is 2.89. The van der Waals surface area contributed by atoms with E-state index in [1.165, 1.54) is 12.8 Å². The fourth-order valence-corrected chi connectivity index (χ4v) is 3.00. The van der Waals surface area contributed by atoms with Crippen molar-refractivity contribution in [3.8, 4) is 0 Å². The molecule has 1 aromatic rings. The number of aromatic nitrogens is 2. The van der Waals surface area contributed by atoms with Crippen molar-refractivity contribution in [2.24, 2.45) is 0 Å². The van der Waals surface area contributed by atoms with E-state index in [0.717, 1.165) is 12.8 Å². The zero-order valence-corrected chi connectivity index (χ0v) is 12.9. The van der Waals surface area contributed by atoms with Gasteiger partial charge in [0.2, 0.25) is 11.8 Å². The first-order valence-electron chi connectivity index (χ1n) is 7.62. The molecule has 0 radical (unpaired) electrons. The average Bonchev–Trinajstić information content (AvgIpc) is 2.93. The average molecular weight is 293 g/mol. The maximum atomic E-state index is 11.4. The summed E-state index contributed by atoms with van der Waals surface area (Å²) in [6.45, 7) is 7.05. The quantitative estimate of drug-likeness (QED) is 0.641. The highest BCUT2D eigenvalue weighted by Gasteiger charge is 2.31. The normalized spacial score (nSPS) is 15.2. The van der Waals surface area contributed by atoms with Gasteiger partial charge in [-0.3, -0.25) is 10.1 Å². The minimum Gasteiger partial charge on any atom is -0.354 e. The zero-order chi connectivity index (χ0) is 15.4. The molecule has 0 unspecified atom stereocenters. The Morgan fingerprint density at radius 2 is 2.00 bits per heavy atom. The molecule has 1 aliphatic carbocycles. The molecule has 0 aromatic carbocycles. The van der Waals surface area contributed by atoms with Crippen LogP contribution in [-0.4, -0.2) is 34.0 Å². The summed E-state index contributed by atoms with van der Waals surface area (Å²) >= 11 is 0. The van der Waals surface area contributed by atoms with Crippen molar-refractivity contribution >= 4 is 17.5 Å². The molecule has 7 heteroatoms. The van der Waals surface area contributed by atoms with Gasteiger partial charge in [0.1, 0.15) is 5.69 Å². The van der Waals surface area contributed by atoms with Crippen LogP contribution in [0.1, 0.15) is 45.2 Å². The van der Waals surface area contributed by atoms with E-state index in [1.807, 2.05) is 13.8 Å². The Hall–Kier alpha value is -1.92. The number of aryl methyl sites for hydroxylation is 1. The summed E-state index contributed by atoms with van der Waals surface area (Å²) in [4.78, 5) is 21.8. The molecule has 0 aliphatic heterocycles. The maximum Gasteiger partial charge on any atom is 0.332 e. The fraction of sp³-hybridized carbons (Fsp3) is 0.714. The summed E-state index contributed by atoms with van der Waals surface area (Å²) in [6, 6.07) is 0.345. The van der Waals surface area contributed by atoms with Crippen molar-refractivity contribution < 1.29 is 4.92 Å². The summed E-state index contributed by atoms with van der Waals surface area (Å²) in [7, 11) is 0. The molecule has 0 bridgehead atoms. The minimum atomic E-state index is -0.363. The van der Waals surface area contributed by atoms with Gasteiger partial charge in [0, 0.05) is 19.1 Å². The van der Waals surface area contributed by atoms with Crippen LogP contribution >= 0.6 is 0 Å². The minimum absolute atomic E-state index is 0.0328. The number of hydrogen-bond acceptors (Lipinski definition) is 6. The summed E-state index contributed by atoms with van der Waals surface area (Å²) < 4.78 is 0. The van der Waals surface area contributed by atoms with Crippen LogP contribution in [0, 0.1) is 17.0 Å². The molecule has 2 rings (SSSR count). The Labute approximate surface area is 124 Å². The molecule has 0 atom stereocenters. The van der Waals surface area contributed by atoms with Crippen molar-refractivity contribution in [2.45, 2.75) is 52.5 Å². The second-order valence-corrected chi connectivity index (χ2v) is 5.32. The lowest BCUT2D eigenvalue weighted by Gasteiger charge is -2.28. The van der Waals surface area contributed by atoms with Gasteiger partial charge < -0.3 is 10.2 Å². The summed E-state index contributed by atoms with van der Waals surface area (Å²) in [5, 5.41) is 14.5. The first-order chi connectivity index (χ1) is 10.1. The van der Waals surface area contributed by atoms with Crippen molar-refractivity contribution in [2.75, 3.05) is 23.3 Å². The van der Waals surface area contributed by atoms with Gasteiger partial charge >= 0.3 is 5.69 Å². The molecule has 1 N–H and O–H groups in total. The van der Waals surface area contributed by atoms with Gasteiger partial charge in [-0.25, -0.2) is 4.98 Å². The van der Waals surface area contributed by atoms with Crippen LogP contribution in [0.25, 0.3) is 0 Å². The van der Waals surface area contributed by atoms with E-state index in [2.05, 4.69) is 20.2 Å². The van der Waals surface area contributed by atoms with Crippen LogP contribution in [0.3, 0.4) is 0 Å². The third kappa shape index (κ3) is 3.22.